The number of rotatable bonds is 7. The van der Waals surface area contributed by atoms with Crippen molar-refractivity contribution in [1.29, 1.82) is 0 Å². The van der Waals surface area contributed by atoms with E-state index in [0.29, 0.717) is 49.2 Å². The third-order valence-electron chi connectivity index (χ3n) is 4.97. The van der Waals surface area contributed by atoms with Crippen LogP contribution in [0.2, 0.25) is 0 Å². The highest BCUT2D eigenvalue weighted by Crippen LogP contribution is 2.20. The van der Waals surface area contributed by atoms with Crippen molar-refractivity contribution in [2.45, 2.75) is 11.4 Å². The highest BCUT2D eigenvalue weighted by atomic mass is 32.2. The zero-order valence-corrected chi connectivity index (χ0v) is 19.0. The van der Waals surface area contributed by atoms with Gasteiger partial charge in [0.2, 0.25) is 15.0 Å². The Hall–Kier alpha value is -2.93. The van der Waals surface area contributed by atoms with Crippen LogP contribution in [0.5, 0.6) is 5.75 Å². The molecule has 0 bridgehead atoms. The van der Waals surface area contributed by atoms with Gasteiger partial charge in [-0.2, -0.15) is 4.31 Å². The number of hydrogen-bond acceptors (Lipinski definition) is 9. The van der Waals surface area contributed by atoms with Gasteiger partial charge in [-0.1, -0.05) is 11.3 Å². The Morgan fingerprint density at radius 1 is 1.12 bits per heavy atom. The van der Waals surface area contributed by atoms with Crippen molar-refractivity contribution in [2.24, 2.45) is 0 Å². The molecule has 1 aliphatic rings. The van der Waals surface area contributed by atoms with E-state index in [2.05, 4.69) is 25.4 Å². The third-order valence-corrected chi connectivity index (χ3v) is 7.76. The Morgan fingerprint density at radius 2 is 1.88 bits per heavy atom. The Kier molecular flexibility index (Phi) is 6.74. The van der Waals surface area contributed by atoms with E-state index in [9.17, 15) is 13.2 Å². The molecule has 3 heterocycles. The van der Waals surface area contributed by atoms with Crippen LogP contribution in [-0.4, -0.2) is 72.0 Å². The normalized spacial score (nSPS) is 15.4. The minimum Gasteiger partial charge on any atom is -0.497 e. The first-order valence-corrected chi connectivity index (χ1v) is 12.1. The summed E-state index contributed by atoms with van der Waals surface area (Å²) in [6.45, 7) is 2.38. The van der Waals surface area contributed by atoms with Crippen LogP contribution < -0.4 is 10.1 Å². The van der Waals surface area contributed by atoms with Crippen molar-refractivity contribution in [2.75, 3.05) is 38.6 Å². The second kappa shape index (κ2) is 9.69. The van der Waals surface area contributed by atoms with Gasteiger partial charge < -0.3 is 10.1 Å². The lowest BCUT2D eigenvalue weighted by Crippen LogP contribution is -2.48. The number of amides is 1. The number of sulfonamides is 1. The molecule has 0 saturated carbocycles. The van der Waals surface area contributed by atoms with Crippen molar-refractivity contribution >= 4 is 33.0 Å². The second-order valence-corrected chi connectivity index (χ2v) is 10.1. The molecule has 32 heavy (non-hydrogen) atoms. The number of carbonyl (C=O) groups is 1. The summed E-state index contributed by atoms with van der Waals surface area (Å²) in [5, 5.41) is 11.9. The molecule has 1 N–H and O–H groups in total. The van der Waals surface area contributed by atoms with Crippen LogP contribution in [0.15, 0.2) is 53.7 Å². The van der Waals surface area contributed by atoms with Crippen LogP contribution >= 0.6 is 11.3 Å². The number of benzene rings is 1. The summed E-state index contributed by atoms with van der Waals surface area (Å²) in [5.41, 5.74) is 0.637. The standard InChI is InChI=1S/C20H22N6O4S2/c1-30-16-6-4-15(5-7-16)22-19(27)20-24-23-18(31-20)14-25-9-11-26(12-10-25)32(28,29)17-3-2-8-21-13-17/h2-8,13H,9-12,14H2,1H3,(H,22,27). The van der Waals surface area contributed by atoms with E-state index in [1.807, 2.05) is 0 Å². The van der Waals surface area contributed by atoms with Gasteiger partial charge in [0, 0.05) is 44.3 Å². The zero-order valence-electron chi connectivity index (χ0n) is 17.3. The van der Waals surface area contributed by atoms with Crippen LogP contribution in [0.3, 0.4) is 0 Å². The predicted molar refractivity (Wildman–Crippen MR) is 119 cm³/mol. The Balaban J connectivity index is 1.31. The number of nitrogens with one attached hydrogen (secondary N) is 1. The van der Waals surface area contributed by atoms with E-state index < -0.39 is 10.0 Å². The Bertz CT molecular complexity index is 1160. The summed E-state index contributed by atoms with van der Waals surface area (Å²) in [5.74, 6) is 0.376. The number of piperazine rings is 1. The fourth-order valence-electron chi connectivity index (χ4n) is 3.24. The van der Waals surface area contributed by atoms with Crippen LogP contribution in [0.1, 0.15) is 14.8 Å². The van der Waals surface area contributed by atoms with Gasteiger partial charge in [0.05, 0.1) is 13.7 Å². The summed E-state index contributed by atoms with van der Waals surface area (Å²) in [4.78, 5) is 18.6. The fraction of sp³-hybridized carbons (Fsp3) is 0.300. The lowest BCUT2D eigenvalue weighted by Gasteiger charge is -2.33. The van der Waals surface area contributed by atoms with Gasteiger partial charge in [-0.05, 0) is 36.4 Å². The smallest absolute Gasteiger partial charge is 0.286 e. The van der Waals surface area contributed by atoms with E-state index in [1.165, 1.54) is 21.8 Å². The molecule has 10 nitrogen and oxygen atoms in total. The van der Waals surface area contributed by atoms with Gasteiger partial charge in [-0.15, -0.1) is 10.2 Å². The van der Waals surface area contributed by atoms with Crippen molar-refractivity contribution in [1.82, 2.24) is 24.4 Å². The van der Waals surface area contributed by atoms with E-state index in [1.54, 1.807) is 49.7 Å². The molecular formula is C20H22N6O4S2. The topological polar surface area (TPSA) is 118 Å². The van der Waals surface area contributed by atoms with Crippen molar-refractivity contribution < 1.29 is 17.9 Å². The SMILES string of the molecule is COc1ccc(NC(=O)c2nnc(CN3CCN(S(=O)(=O)c4cccnc4)CC3)s2)cc1. The molecule has 0 unspecified atom stereocenters. The lowest BCUT2D eigenvalue weighted by atomic mass is 10.3. The summed E-state index contributed by atoms with van der Waals surface area (Å²) in [6.07, 6.45) is 2.91. The molecule has 0 atom stereocenters. The van der Waals surface area contributed by atoms with Crippen LogP contribution in [-0.2, 0) is 16.6 Å². The second-order valence-electron chi connectivity index (χ2n) is 7.05. The minimum atomic E-state index is -3.54. The molecule has 2 aromatic heterocycles. The average molecular weight is 475 g/mol. The van der Waals surface area contributed by atoms with E-state index in [0.717, 1.165) is 0 Å². The molecule has 0 aliphatic carbocycles. The minimum absolute atomic E-state index is 0.199. The highest BCUT2D eigenvalue weighted by molar-refractivity contribution is 7.89. The predicted octanol–water partition coefficient (Wildman–Crippen LogP) is 1.70. The van der Waals surface area contributed by atoms with Gasteiger partial charge >= 0.3 is 0 Å². The molecule has 0 radical (unpaired) electrons. The molecular weight excluding hydrogens is 452 g/mol. The summed E-state index contributed by atoms with van der Waals surface area (Å²) >= 11 is 1.22. The fourth-order valence-corrected chi connectivity index (χ4v) is 5.40. The molecule has 12 heteroatoms. The van der Waals surface area contributed by atoms with Crippen LogP contribution in [0.4, 0.5) is 5.69 Å². The number of pyridine rings is 1. The Labute approximate surface area is 189 Å². The van der Waals surface area contributed by atoms with Crippen molar-refractivity contribution in [3.05, 3.63) is 58.8 Å². The summed E-state index contributed by atoms with van der Waals surface area (Å²) in [6, 6.07) is 10.2. The molecule has 1 fully saturated rings. The van der Waals surface area contributed by atoms with E-state index in [-0.39, 0.29) is 15.8 Å². The number of nitrogens with zero attached hydrogens (tertiary/aromatic N) is 5. The summed E-state index contributed by atoms with van der Waals surface area (Å²) < 4.78 is 32.0. The monoisotopic (exact) mass is 474 g/mol. The first kappa shape index (κ1) is 22.3. The quantitative estimate of drug-likeness (QED) is 0.550. The number of methoxy groups -OCH3 is 1. The third kappa shape index (κ3) is 5.10. The van der Waals surface area contributed by atoms with Crippen LogP contribution in [0, 0.1) is 0 Å². The average Bonchev–Trinajstić information content (AvgIpc) is 3.29. The number of ether oxygens (including phenoxy) is 1. The molecule has 168 valence electrons. The van der Waals surface area contributed by atoms with E-state index >= 15 is 0 Å². The number of aromatic nitrogens is 3. The van der Waals surface area contributed by atoms with Gasteiger partial charge in [-0.3, -0.25) is 14.7 Å². The molecule has 1 aliphatic heterocycles. The first-order chi connectivity index (χ1) is 15.5. The summed E-state index contributed by atoms with van der Waals surface area (Å²) in [7, 11) is -1.96. The number of carbonyl (C=O) groups excluding carboxylic acids is 1. The Morgan fingerprint density at radius 3 is 2.53 bits per heavy atom. The molecule has 4 rings (SSSR count). The van der Waals surface area contributed by atoms with Gasteiger partial charge in [0.1, 0.15) is 15.7 Å². The van der Waals surface area contributed by atoms with Crippen LogP contribution in [0.25, 0.3) is 0 Å². The highest BCUT2D eigenvalue weighted by Gasteiger charge is 2.29. The maximum atomic E-state index is 12.7. The largest absolute Gasteiger partial charge is 0.497 e. The lowest BCUT2D eigenvalue weighted by molar-refractivity contribution is 0.102. The van der Waals surface area contributed by atoms with Gasteiger partial charge in [0.25, 0.3) is 5.91 Å². The van der Waals surface area contributed by atoms with Gasteiger partial charge in [-0.25, -0.2) is 8.42 Å². The van der Waals surface area contributed by atoms with Crippen molar-refractivity contribution in [3.8, 4) is 5.75 Å². The maximum absolute atomic E-state index is 12.7. The van der Waals surface area contributed by atoms with Gasteiger partial charge in [0.15, 0.2) is 0 Å². The van der Waals surface area contributed by atoms with E-state index in [4.69, 9.17) is 4.74 Å². The number of hydrogen-bond donors (Lipinski definition) is 1. The molecule has 1 saturated heterocycles. The number of anilines is 1. The first-order valence-electron chi connectivity index (χ1n) is 9.86. The molecule has 0 spiro atoms. The molecule has 1 amide bonds. The zero-order chi connectivity index (χ0) is 22.6. The maximum Gasteiger partial charge on any atom is 0.286 e. The molecule has 3 aromatic rings. The van der Waals surface area contributed by atoms with Crippen molar-refractivity contribution in [3.63, 3.8) is 0 Å². The molecule has 1 aromatic carbocycles.